The summed E-state index contributed by atoms with van der Waals surface area (Å²) in [4.78, 5) is 17.8. The van der Waals surface area contributed by atoms with Crippen LogP contribution in [0.1, 0.15) is 16.7 Å². The quantitative estimate of drug-likeness (QED) is 0.392. The second kappa shape index (κ2) is 9.54. The Morgan fingerprint density at radius 1 is 1.09 bits per heavy atom. The van der Waals surface area contributed by atoms with E-state index < -0.39 is 0 Å². The lowest BCUT2D eigenvalue weighted by Gasteiger charge is -2.22. The van der Waals surface area contributed by atoms with Crippen LogP contribution in [-0.2, 0) is 4.79 Å². The van der Waals surface area contributed by atoms with Gasteiger partial charge in [0.15, 0.2) is 10.9 Å². The second-order valence-corrected chi connectivity index (χ2v) is 7.74. The molecule has 0 saturated carbocycles. The number of carbonyl (C=O) groups excluding carboxylic acids is 1. The van der Waals surface area contributed by atoms with Gasteiger partial charge >= 0.3 is 0 Å². The molecule has 0 aromatic heterocycles. The summed E-state index contributed by atoms with van der Waals surface area (Å²) in [5.41, 5.74) is 6.40. The summed E-state index contributed by atoms with van der Waals surface area (Å²) in [6.07, 6.45) is 1.66. The first-order valence-electron chi connectivity index (χ1n) is 10.2. The van der Waals surface area contributed by atoms with Crippen LogP contribution in [0, 0.1) is 6.92 Å². The molecule has 3 aromatic carbocycles. The number of nitrogens with one attached hydrogen (secondary N) is 2. The van der Waals surface area contributed by atoms with Gasteiger partial charge in [-0.3, -0.25) is 10.2 Å². The van der Waals surface area contributed by atoms with Gasteiger partial charge in [-0.25, -0.2) is 4.99 Å². The van der Waals surface area contributed by atoms with Gasteiger partial charge in [-0.15, -0.1) is 0 Å². The summed E-state index contributed by atoms with van der Waals surface area (Å²) >= 11 is 5.49. The predicted molar refractivity (Wildman–Crippen MR) is 133 cm³/mol. The second-order valence-electron chi connectivity index (χ2n) is 7.33. The maximum absolute atomic E-state index is 13.2. The molecule has 3 aromatic rings. The molecule has 0 saturated heterocycles. The van der Waals surface area contributed by atoms with E-state index in [1.54, 1.807) is 37.5 Å². The number of hydrogen-bond donors (Lipinski definition) is 3. The molecule has 0 fully saturated rings. The maximum atomic E-state index is 13.2. The van der Waals surface area contributed by atoms with Gasteiger partial charge in [-0.1, -0.05) is 48.5 Å². The van der Waals surface area contributed by atoms with Crippen molar-refractivity contribution in [1.82, 2.24) is 10.4 Å². The smallest absolute Gasteiger partial charge is 0.297 e. The molecule has 1 aliphatic rings. The van der Waals surface area contributed by atoms with E-state index in [0.717, 1.165) is 16.7 Å². The summed E-state index contributed by atoms with van der Waals surface area (Å²) in [7, 11) is 1.58. The summed E-state index contributed by atoms with van der Waals surface area (Å²) in [6, 6.07) is 21.6. The number of amides is 1. The standard InChI is InChI=1S/C25H22N4O3S/c1-16-8-13-22(32-2)20(14-16)27-25(33)28-29-23(18-6-4-3-5-7-18)26-21(24(29)31)15-17-9-11-19(30)12-10-17/h3-15,30H,1-2H3,(H2,27,28,33)/b21-15-. The number of methoxy groups -OCH3 is 1. The van der Waals surface area contributed by atoms with Gasteiger partial charge in [0.1, 0.15) is 17.2 Å². The van der Waals surface area contributed by atoms with Crippen LogP contribution in [0.5, 0.6) is 11.5 Å². The minimum atomic E-state index is -0.359. The van der Waals surface area contributed by atoms with E-state index in [0.29, 0.717) is 17.3 Å². The van der Waals surface area contributed by atoms with E-state index in [1.165, 1.54) is 5.01 Å². The number of nitrogens with zero attached hydrogens (tertiary/aromatic N) is 2. The minimum Gasteiger partial charge on any atom is -0.508 e. The average molecular weight is 459 g/mol. The van der Waals surface area contributed by atoms with Crippen molar-refractivity contribution >= 4 is 40.8 Å². The predicted octanol–water partition coefficient (Wildman–Crippen LogP) is 4.24. The fourth-order valence-corrected chi connectivity index (χ4v) is 3.50. The Balaban J connectivity index is 1.62. The number of phenolic OH excluding ortho intramolecular Hbond substituents is 1. The molecule has 8 heteroatoms. The van der Waals surface area contributed by atoms with Gasteiger partial charge < -0.3 is 15.2 Å². The highest BCUT2D eigenvalue weighted by Gasteiger charge is 2.32. The molecule has 0 unspecified atom stereocenters. The fourth-order valence-electron chi connectivity index (χ4n) is 3.30. The summed E-state index contributed by atoms with van der Waals surface area (Å²) in [5, 5.41) is 14.1. The minimum absolute atomic E-state index is 0.148. The summed E-state index contributed by atoms with van der Waals surface area (Å²) < 4.78 is 5.39. The Labute approximate surface area is 197 Å². The topological polar surface area (TPSA) is 86.2 Å². The molecule has 0 aliphatic carbocycles. The maximum Gasteiger partial charge on any atom is 0.297 e. The van der Waals surface area contributed by atoms with Crippen molar-refractivity contribution in [3.8, 4) is 11.5 Å². The van der Waals surface area contributed by atoms with Crippen molar-refractivity contribution in [3.05, 3.63) is 95.2 Å². The van der Waals surface area contributed by atoms with Crippen LogP contribution in [0.3, 0.4) is 0 Å². The van der Waals surface area contributed by atoms with E-state index >= 15 is 0 Å². The molecule has 0 radical (unpaired) electrons. The number of phenols is 1. The van der Waals surface area contributed by atoms with Crippen molar-refractivity contribution in [2.75, 3.05) is 12.4 Å². The third-order valence-corrected chi connectivity index (χ3v) is 5.10. The normalized spacial score (nSPS) is 14.2. The SMILES string of the molecule is COc1ccc(C)cc1NC(=S)NN1C(=O)/C(=C/c2ccc(O)cc2)N=C1c1ccccc1. The highest BCUT2D eigenvalue weighted by Crippen LogP contribution is 2.26. The number of thiocarbonyl (C=S) groups is 1. The number of hydrogen-bond acceptors (Lipinski definition) is 5. The number of rotatable bonds is 5. The van der Waals surface area contributed by atoms with Gasteiger partial charge in [0.05, 0.1) is 12.8 Å². The van der Waals surface area contributed by atoms with Crippen LogP contribution < -0.4 is 15.5 Å². The van der Waals surface area contributed by atoms with Gasteiger partial charge in [0.25, 0.3) is 5.91 Å². The number of aryl methyl sites for hydroxylation is 1. The van der Waals surface area contributed by atoms with Crippen molar-refractivity contribution in [2.24, 2.45) is 4.99 Å². The Morgan fingerprint density at radius 2 is 1.82 bits per heavy atom. The van der Waals surface area contributed by atoms with Crippen LogP contribution in [0.4, 0.5) is 5.69 Å². The summed E-state index contributed by atoms with van der Waals surface area (Å²) in [6.45, 7) is 1.96. The third kappa shape index (κ3) is 5.02. The summed E-state index contributed by atoms with van der Waals surface area (Å²) in [5.74, 6) is 0.838. The molecule has 0 spiro atoms. The molecule has 166 valence electrons. The first kappa shape index (κ1) is 22.0. The lowest BCUT2D eigenvalue weighted by atomic mass is 10.2. The van der Waals surface area contributed by atoms with E-state index in [9.17, 15) is 9.90 Å². The van der Waals surface area contributed by atoms with Crippen molar-refractivity contribution in [2.45, 2.75) is 6.92 Å². The number of aliphatic imine (C=N–C) groups is 1. The lowest BCUT2D eigenvalue weighted by molar-refractivity contribution is -0.123. The van der Waals surface area contributed by atoms with Gasteiger partial charge in [0, 0.05) is 5.56 Å². The molecule has 1 amide bonds. The van der Waals surface area contributed by atoms with Crippen molar-refractivity contribution in [1.29, 1.82) is 0 Å². The van der Waals surface area contributed by atoms with Crippen LogP contribution in [0.2, 0.25) is 0 Å². The molecule has 0 atom stereocenters. The number of hydrazine groups is 1. The van der Waals surface area contributed by atoms with Gasteiger partial charge in [-0.05, 0) is 60.6 Å². The first-order valence-corrected chi connectivity index (χ1v) is 10.6. The number of amidine groups is 1. The number of anilines is 1. The molecule has 7 nitrogen and oxygen atoms in total. The first-order chi connectivity index (χ1) is 15.9. The van der Waals surface area contributed by atoms with Crippen LogP contribution in [-0.4, -0.2) is 34.1 Å². The number of benzene rings is 3. The fraction of sp³-hybridized carbons (Fsp3) is 0.0800. The molecule has 1 aliphatic heterocycles. The number of ether oxygens (including phenoxy) is 1. The Morgan fingerprint density at radius 3 is 2.52 bits per heavy atom. The molecule has 0 bridgehead atoms. The lowest BCUT2D eigenvalue weighted by Crippen LogP contribution is -2.49. The van der Waals surface area contributed by atoms with Crippen molar-refractivity contribution in [3.63, 3.8) is 0 Å². The number of carbonyl (C=O) groups is 1. The zero-order valence-corrected chi connectivity index (χ0v) is 18.9. The largest absolute Gasteiger partial charge is 0.508 e. The zero-order valence-electron chi connectivity index (χ0n) is 18.1. The van der Waals surface area contributed by atoms with Crippen LogP contribution in [0.25, 0.3) is 6.08 Å². The monoisotopic (exact) mass is 458 g/mol. The zero-order chi connectivity index (χ0) is 23.4. The highest BCUT2D eigenvalue weighted by molar-refractivity contribution is 7.80. The van der Waals surface area contributed by atoms with Gasteiger partial charge in [0.2, 0.25) is 0 Å². The molecular formula is C25H22N4O3S. The van der Waals surface area contributed by atoms with Crippen LogP contribution in [0.15, 0.2) is 83.5 Å². The van der Waals surface area contributed by atoms with E-state index in [1.807, 2.05) is 55.5 Å². The van der Waals surface area contributed by atoms with Gasteiger partial charge in [-0.2, -0.15) is 5.01 Å². The molecular weight excluding hydrogens is 436 g/mol. The van der Waals surface area contributed by atoms with Crippen molar-refractivity contribution < 1.29 is 14.6 Å². The molecule has 3 N–H and O–H groups in total. The van der Waals surface area contributed by atoms with E-state index in [4.69, 9.17) is 17.0 Å². The Kier molecular flexibility index (Phi) is 6.37. The highest BCUT2D eigenvalue weighted by atomic mass is 32.1. The Hall–Kier alpha value is -4.17. The van der Waals surface area contributed by atoms with Crippen LogP contribution >= 0.6 is 12.2 Å². The average Bonchev–Trinajstić information content (AvgIpc) is 3.11. The Bertz CT molecular complexity index is 1250. The molecule has 33 heavy (non-hydrogen) atoms. The number of aromatic hydroxyl groups is 1. The van der Waals surface area contributed by atoms with E-state index in [2.05, 4.69) is 15.7 Å². The van der Waals surface area contributed by atoms with E-state index in [-0.39, 0.29) is 22.5 Å². The molecule has 1 heterocycles. The molecule has 4 rings (SSSR count). The third-order valence-electron chi connectivity index (χ3n) is 4.91.